The van der Waals surface area contributed by atoms with Gasteiger partial charge in [0.15, 0.2) is 17.1 Å². The quantitative estimate of drug-likeness (QED) is 0.0564. The Morgan fingerprint density at radius 3 is 1.05 bits per heavy atom. The number of fused-ring (bicyclic) bond motifs is 3. The van der Waals surface area contributed by atoms with Crippen LogP contribution in [0.15, 0.2) is 201 Å². The van der Waals surface area contributed by atoms with E-state index >= 15 is 0 Å². The molecule has 3 aliphatic rings. The Morgan fingerprint density at radius 2 is 0.723 bits per heavy atom. The van der Waals surface area contributed by atoms with Crippen LogP contribution in [-0.4, -0.2) is 123 Å². The molecule has 0 bridgehead atoms. The summed E-state index contributed by atoms with van der Waals surface area (Å²) in [6.07, 6.45) is 17.4. The van der Waals surface area contributed by atoms with Gasteiger partial charge in [-0.3, -0.25) is 59.3 Å². The number of piperidine rings is 1. The summed E-state index contributed by atoms with van der Waals surface area (Å²) in [5.74, 6) is -3.38. The number of hydrogen-bond acceptors (Lipinski definition) is 12. The lowest BCUT2D eigenvalue weighted by Crippen LogP contribution is -2.29. The zero-order chi connectivity index (χ0) is 63.5. The van der Waals surface area contributed by atoms with Crippen LogP contribution in [0, 0.1) is 0 Å². The molecule has 0 spiro atoms. The van der Waals surface area contributed by atoms with Crippen molar-refractivity contribution in [1.29, 1.82) is 0 Å². The van der Waals surface area contributed by atoms with Crippen LogP contribution in [0.5, 0.6) is 0 Å². The number of aromatic nitrogens is 9. The number of rotatable bonds is 15. The number of carbonyl (C=O) groups excluding carboxylic acids is 3. The number of likely N-dealkylation sites (tertiary alicyclic amines) is 3. The van der Waals surface area contributed by atoms with Gasteiger partial charge in [-0.2, -0.15) is 15.3 Å². The average molecular weight is 1260 g/mol. The van der Waals surface area contributed by atoms with Crippen molar-refractivity contribution >= 4 is 67.5 Å². The van der Waals surface area contributed by atoms with Gasteiger partial charge < -0.3 is 16.0 Å². The van der Waals surface area contributed by atoms with Crippen LogP contribution >= 0.6 is 0 Å². The van der Waals surface area contributed by atoms with Crippen molar-refractivity contribution in [3.8, 4) is 33.4 Å². The Hall–Kier alpha value is -10.7. The first kappa shape index (κ1) is 63.5. The Labute approximate surface area is 543 Å². The highest BCUT2D eigenvalue weighted by Gasteiger charge is 2.38. The van der Waals surface area contributed by atoms with Gasteiger partial charge in [0, 0.05) is 120 Å². The third-order valence-electron chi connectivity index (χ3n) is 16.9. The highest BCUT2D eigenvalue weighted by molar-refractivity contribution is 6.13. The van der Waals surface area contributed by atoms with Crippen molar-refractivity contribution in [1.82, 2.24) is 60.2 Å². The van der Waals surface area contributed by atoms with E-state index in [1.165, 1.54) is 43.2 Å². The first-order valence-corrected chi connectivity index (χ1v) is 31.4. The molecule has 20 heteroatoms. The summed E-state index contributed by atoms with van der Waals surface area (Å²) in [7, 11) is 0. The van der Waals surface area contributed by atoms with Crippen LogP contribution in [0.2, 0.25) is 0 Å². The summed E-state index contributed by atoms with van der Waals surface area (Å²) in [6.45, 7) is 7.07. The highest BCUT2D eigenvalue weighted by Crippen LogP contribution is 2.32. The first-order chi connectivity index (χ1) is 45.5. The zero-order valence-corrected chi connectivity index (χ0v) is 51.2. The number of aromatic amines is 3. The maximum absolute atomic E-state index is 13.5. The van der Waals surface area contributed by atoms with E-state index in [-0.39, 0.29) is 38.1 Å². The fourth-order valence-electron chi connectivity index (χ4n) is 12.2. The molecule has 18 nitrogen and oxygen atoms in total. The molecular formula is C74H73F2N15O3. The predicted molar refractivity (Wildman–Crippen MR) is 366 cm³/mol. The molecule has 6 N–H and O–H groups in total. The van der Waals surface area contributed by atoms with Crippen LogP contribution in [-0.2, 0) is 19.6 Å². The molecule has 3 saturated heterocycles. The number of alkyl halides is 2. The maximum Gasteiger partial charge on any atom is 0.276 e. The van der Waals surface area contributed by atoms with Crippen LogP contribution < -0.4 is 16.0 Å². The molecule has 94 heavy (non-hydrogen) atoms. The van der Waals surface area contributed by atoms with Gasteiger partial charge in [0.2, 0.25) is 0 Å². The Bertz CT molecular complexity index is 4570. The Kier molecular flexibility index (Phi) is 19.8. The summed E-state index contributed by atoms with van der Waals surface area (Å²) in [5, 5.41) is 32.5. The molecule has 3 aliphatic heterocycles. The van der Waals surface area contributed by atoms with Gasteiger partial charge >= 0.3 is 0 Å². The molecule has 0 atom stereocenters. The van der Waals surface area contributed by atoms with E-state index in [9.17, 15) is 23.2 Å². The average Bonchev–Trinajstić information content (AvgIpc) is 1.62. The summed E-state index contributed by atoms with van der Waals surface area (Å²) in [6, 6.07) is 52.1. The molecule has 3 fully saturated rings. The van der Waals surface area contributed by atoms with Crippen molar-refractivity contribution in [2.45, 2.75) is 71.5 Å². The Morgan fingerprint density at radius 1 is 0.394 bits per heavy atom. The minimum absolute atomic E-state index is 0. The van der Waals surface area contributed by atoms with Crippen LogP contribution in [0.1, 0.15) is 94.1 Å². The number of benzene rings is 6. The van der Waals surface area contributed by atoms with Crippen molar-refractivity contribution in [3.63, 3.8) is 0 Å². The molecule has 6 aromatic heterocycles. The van der Waals surface area contributed by atoms with Crippen molar-refractivity contribution in [2.75, 3.05) is 55.2 Å². The minimum Gasteiger partial charge on any atom is -0.321 e. The van der Waals surface area contributed by atoms with E-state index in [1.807, 2.05) is 176 Å². The molecule has 0 aliphatic carbocycles. The number of nitrogens with one attached hydrogen (secondary N) is 6. The second-order valence-electron chi connectivity index (χ2n) is 23.8. The third kappa shape index (κ3) is 15.6. The largest absolute Gasteiger partial charge is 0.321 e. The van der Waals surface area contributed by atoms with Gasteiger partial charge in [0.25, 0.3) is 23.6 Å². The van der Waals surface area contributed by atoms with Gasteiger partial charge in [0.05, 0.1) is 23.1 Å². The minimum atomic E-state index is -2.62. The molecule has 0 saturated carbocycles. The Balaban J connectivity index is 0.000000135. The van der Waals surface area contributed by atoms with Gasteiger partial charge in [-0.1, -0.05) is 86.6 Å². The molecule has 0 radical (unpaired) electrons. The number of H-pyrrole nitrogens is 3. The van der Waals surface area contributed by atoms with Crippen molar-refractivity contribution in [3.05, 3.63) is 235 Å². The number of hydrogen-bond donors (Lipinski definition) is 6. The second kappa shape index (κ2) is 29.3. The number of carbonyl (C=O) groups is 3. The van der Waals surface area contributed by atoms with Gasteiger partial charge in [-0.05, 0) is 176 Å². The van der Waals surface area contributed by atoms with Crippen LogP contribution in [0.3, 0.4) is 0 Å². The number of halogens is 2. The van der Waals surface area contributed by atoms with Gasteiger partial charge in [-0.25, -0.2) is 8.78 Å². The van der Waals surface area contributed by atoms with E-state index in [4.69, 9.17) is 0 Å². The number of para-hydroxylation sites is 3. The summed E-state index contributed by atoms with van der Waals surface area (Å²) >= 11 is 0. The third-order valence-corrected chi connectivity index (χ3v) is 16.9. The topological polar surface area (TPSA) is 222 Å². The highest BCUT2D eigenvalue weighted by atomic mass is 19.3. The fraction of sp³-hybridized carbons (Fsp3) is 0.230. The normalized spacial score (nSPS) is 14.7. The second-order valence-corrected chi connectivity index (χ2v) is 23.8. The SMILES string of the molecule is C.O=C(Nc1ccccc1)c1n[nH]c2ccc(-c3cncc(CN4CCC(F)(F)C4)c3)cc12.O=C(Nc1ccccc1)c1n[nH]c2ccc(-c3cncc(CN4CCCC4)c3)cc12.O=C(Nc1ccccc1)c1n[nH]c2ccc(-c3cncc(CN4CCCCC4)c3)cc12. The molecule has 0 unspecified atom stereocenters. The first-order valence-electron chi connectivity index (χ1n) is 31.4. The molecule has 476 valence electrons. The predicted octanol–water partition coefficient (Wildman–Crippen LogP) is 14.7. The number of pyridine rings is 3. The maximum atomic E-state index is 13.5. The van der Waals surface area contributed by atoms with E-state index in [0.717, 1.165) is 117 Å². The molecule has 9 heterocycles. The van der Waals surface area contributed by atoms with Gasteiger partial charge in [0.1, 0.15) is 0 Å². The summed E-state index contributed by atoms with van der Waals surface area (Å²) in [5.41, 5.74) is 14.8. The van der Waals surface area contributed by atoms with Crippen LogP contribution in [0.25, 0.3) is 66.1 Å². The lowest BCUT2D eigenvalue weighted by molar-refractivity contribution is 0.0115. The summed E-state index contributed by atoms with van der Waals surface area (Å²) in [4.78, 5) is 58.3. The van der Waals surface area contributed by atoms with Crippen LogP contribution in [0.4, 0.5) is 25.8 Å². The standard InChI is InChI=1S/C25H25N5O.C24H21F2N5O.C24H23N5O.CH4/c31-25(27-21-7-3-1-4-8-21)24-22-14-19(9-10-23(22)28-29-24)20-13-18(15-26-16-20)17-30-11-5-2-6-12-30;25-24(26)8-9-31(15-24)14-16-10-18(13-27-12-16)17-6-7-21-20(11-17)22(30-29-21)23(32)28-19-4-2-1-3-5-19;30-24(26-20-6-2-1-3-7-20)23-21-13-18(8-9-22(21)27-28-23)19-12-17(14-25-15-19)16-29-10-4-5-11-29;/h1,3-4,7-10,13-16H,2,5-6,11-12,17H2,(H,27,31)(H,28,29);1-7,10-13H,8-9,14-15H2,(H,28,32)(H,29,30);1-3,6-9,12-15H,4-5,10-11,16H2,(H,26,30)(H,27,28);1H4. The fourth-order valence-corrected chi connectivity index (χ4v) is 12.2. The molecule has 6 aromatic carbocycles. The van der Waals surface area contributed by atoms with E-state index in [0.29, 0.717) is 41.2 Å². The molecule has 12 aromatic rings. The zero-order valence-electron chi connectivity index (χ0n) is 51.2. The molecule has 3 amide bonds. The van der Waals surface area contributed by atoms with Gasteiger partial charge in [-0.15, -0.1) is 0 Å². The van der Waals surface area contributed by atoms with E-state index in [2.05, 4.69) is 83.4 Å². The lowest BCUT2D eigenvalue weighted by Gasteiger charge is -2.26. The molecule has 15 rings (SSSR count). The summed E-state index contributed by atoms with van der Waals surface area (Å²) < 4.78 is 27.0. The van der Waals surface area contributed by atoms with Crippen molar-refractivity contribution < 1.29 is 23.2 Å². The molecular weight excluding hydrogens is 1180 g/mol. The van der Waals surface area contributed by atoms with E-state index in [1.54, 1.807) is 17.3 Å². The van der Waals surface area contributed by atoms with E-state index < -0.39 is 5.92 Å². The number of anilines is 3. The number of nitrogens with zero attached hydrogens (tertiary/aromatic N) is 9. The smallest absolute Gasteiger partial charge is 0.276 e. The van der Waals surface area contributed by atoms with Crippen molar-refractivity contribution in [2.24, 2.45) is 0 Å². The monoisotopic (exact) mass is 1260 g/mol. The number of amides is 3. The lowest BCUT2D eigenvalue weighted by atomic mass is 10.0.